The van der Waals surface area contributed by atoms with Crippen molar-refractivity contribution in [3.8, 4) is 0 Å². The van der Waals surface area contributed by atoms with Gasteiger partial charge in [-0.05, 0) is 60.9 Å². The fourth-order valence-electron chi connectivity index (χ4n) is 3.96. The van der Waals surface area contributed by atoms with Gasteiger partial charge in [-0.3, -0.25) is 9.59 Å². The molecule has 0 radical (unpaired) electrons. The minimum Gasteiger partial charge on any atom is -0.478 e. The Balaban J connectivity index is 1.57. The van der Waals surface area contributed by atoms with E-state index in [1.54, 1.807) is 24.3 Å². The Labute approximate surface area is 261 Å². The van der Waals surface area contributed by atoms with Crippen LogP contribution in [0, 0.1) is 13.8 Å². The molecule has 6 nitrogen and oxygen atoms in total. The second-order valence-corrected chi connectivity index (χ2v) is 11.7. The van der Waals surface area contributed by atoms with Crippen LogP contribution in [0.25, 0.3) is 0 Å². The zero-order valence-electron chi connectivity index (χ0n) is 21.6. The van der Waals surface area contributed by atoms with Gasteiger partial charge in [0.15, 0.2) is 0 Å². The van der Waals surface area contributed by atoms with E-state index in [2.05, 4.69) is 10.6 Å². The highest BCUT2D eigenvalue weighted by Gasteiger charge is 2.29. The molecule has 0 saturated carbocycles. The van der Waals surface area contributed by atoms with Gasteiger partial charge in [0.25, 0.3) is 5.91 Å². The highest BCUT2D eigenvalue weighted by atomic mass is 35.5. The number of nitrogens with one attached hydrogen (secondary N) is 2. The molecule has 0 bridgehead atoms. The summed E-state index contributed by atoms with van der Waals surface area (Å²) in [6.07, 6.45) is 0. The molecule has 4 aromatic carbocycles. The largest absolute Gasteiger partial charge is 0.478 e. The monoisotopic (exact) mass is 646 g/mol. The Kier molecular flexibility index (Phi) is 9.89. The Bertz CT molecular complexity index is 1650. The highest BCUT2D eigenvalue weighted by Crippen LogP contribution is 2.42. The van der Waals surface area contributed by atoms with Gasteiger partial charge in [-0.25, -0.2) is 4.79 Å². The molecule has 210 valence electrons. The summed E-state index contributed by atoms with van der Waals surface area (Å²) in [7, 11) is 0. The van der Waals surface area contributed by atoms with Crippen molar-refractivity contribution in [1.29, 1.82) is 0 Å². The van der Waals surface area contributed by atoms with E-state index >= 15 is 0 Å². The van der Waals surface area contributed by atoms with Crippen LogP contribution in [0.3, 0.4) is 0 Å². The van der Waals surface area contributed by atoms with Crippen LogP contribution in [0.1, 0.15) is 42.7 Å². The highest BCUT2D eigenvalue weighted by molar-refractivity contribution is 8.00. The van der Waals surface area contributed by atoms with Crippen molar-refractivity contribution in [3.05, 3.63) is 121 Å². The maximum absolute atomic E-state index is 13.5. The molecule has 0 spiro atoms. The summed E-state index contributed by atoms with van der Waals surface area (Å²) in [4.78, 5) is 39.1. The lowest BCUT2D eigenvalue weighted by atomic mass is 10.1. The molecule has 1 atom stereocenters. The van der Waals surface area contributed by atoms with Crippen LogP contribution in [0.15, 0.2) is 77.7 Å². The minimum absolute atomic E-state index is 0.181. The van der Waals surface area contributed by atoms with Crippen LogP contribution < -0.4 is 10.6 Å². The molecule has 2 amide bonds. The van der Waals surface area contributed by atoms with E-state index < -0.39 is 33.3 Å². The SMILES string of the molecule is Cc1ccc(C)c(NC(=O)C(Sc2ccc(NC(=O)c3c(Cl)c(Cl)c(Cl)c(Cl)c3C(=O)O)cc2)c2ccccc2)c1. The fourth-order valence-corrected chi connectivity index (χ4v) is 6.01. The lowest BCUT2D eigenvalue weighted by molar-refractivity contribution is -0.115. The van der Waals surface area contributed by atoms with Gasteiger partial charge >= 0.3 is 5.97 Å². The third-order valence-electron chi connectivity index (χ3n) is 6.07. The summed E-state index contributed by atoms with van der Waals surface area (Å²) in [6, 6.07) is 22.0. The smallest absolute Gasteiger partial charge is 0.338 e. The van der Waals surface area contributed by atoms with E-state index in [9.17, 15) is 19.5 Å². The number of rotatable bonds is 8. The number of hydrogen-bond acceptors (Lipinski definition) is 4. The van der Waals surface area contributed by atoms with Gasteiger partial charge < -0.3 is 15.7 Å². The van der Waals surface area contributed by atoms with E-state index in [-0.39, 0.29) is 21.0 Å². The number of aryl methyl sites for hydroxylation is 2. The maximum Gasteiger partial charge on any atom is 0.338 e. The second kappa shape index (κ2) is 13.2. The summed E-state index contributed by atoms with van der Waals surface area (Å²) in [6.45, 7) is 3.90. The molecule has 0 aliphatic heterocycles. The number of carbonyl (C=O) groups excluding carboxylic acids is 2. The molecule has 0 aliphatic rings. The van der Waals surface area contributed by atoms with Crippen LogP contribution in [0.2, 0.25) is 20.1 Å². The molecule has 0 heterocycles. The van der Waals surface area contributed by atoms with E-state index in [0.717, 1.165) is 27.3 Å². The van der Waals surface area contributed by atoms with Gasteiger partial charge in [0.05, 0.1) is 31.2 Å². The normalized spacial score (nSPS) is 11.6. The topological polar surface area (TPSA) is 95.5 Å². The third-order valence-corrected chi connectivity index (χ3v) is 9.13. The zero-order valence-corrected chi connectivity index (χ0v) is 25.4. The first kappa shape index (κ1) is 30.8. The van der Waals surface area contributed by atoms with E-state index in [1.807, 2.05) is 62.4 Å². The van der Waals surface area contributed by atoms with Crippen molar-refractivity contribution in [3.63, 3.8) is 0 Å². The first-order valence-electron chi connectivity index (χ1n) is 12.1. The van der Waals surface area contributed by atoms with Crippen LogP contribution in [-0.2, 0) is 4.79 Å². The standard InChI is InChI=1S/C30H22Cl4N2O4S/c1-15-8-9-16(2)20(14-15)36-29(38)27(17-6-4-3-5-7-17)41-19-12-10-18(11-13-19)35-28(37)21-22(30(39)40)24(32)26(34)25(33)23(21)31/h3-14,27H,1-2H3,(H,35,37)(H,36,38)(H,39,40). The van der Waals surface area contributed by atoms with Crippen molar-refractivity contribution >= 4 is 87.3 Å². The van der Waals surface area contributed by atoms with Crippen molar-refractivity contribution in [2.45, 2.75) is 24.0 Å². The van der Waals surface area contributed by atoms with Gasteiger partial charge in [-0.15, -0.1) is 11.8 Å². The average Bonchev–Trinajstić information content (AvgIpc) is 2.95. The number of amides is 2. The molecular weight excluding hydrogens is 626 g/mol. The summed E-state index contributed by atoms with van der Waals surface area (Å²) < 4.78 is 0. The molecule has 4 aromatic rings. The molecule has 1 unspecified atom stereocenters. The van der Waals surface area contributed by atoms with E-state index in [1.165, 1.54) is 11.8 Å². The Morgan fingerprint density at radius 1 is 0.756 bits per heavy atom. The van der Waals surface area contributed by atoms with Gasteiger partial charge in [-0.1, -0.05) is 88.9 Å². The maximum atomic E-state index is 13.5. The number of benzene rings is 4. The number of thioether (sulfide) groups is 1. The number of carboxylic acid groups (broad SMARTS) is 1. The number of anilines is 2. The molecule has 0 aromatic heterocycles. The van der Waals surface area contributed by atoms with Crippen molar-refractivity contribution in [2.24, 2.45) is 0 Å². The van der Waals surface area contributed by atoms with Crippen LogP contribution in [-0.4, -0.2) is 22.9 Å². The first-order chi connectivity index (χ1) is 19.5. The van der Waals surface area contributed by atoms with Gasteiger partial charge in [0.2, 0.25) is 5.91 Å². The summed E-state index contributed by atoms with van der Waals surface area (Å²) in [5.74, 6) is -2.50. The predicted octanol–water partition coefficient (Wildman–Crippen LogP) is 9.34. The zero-order chi connectivity index (χ0) is 29.8. The van der Waals surface area contributed by atoms with Crippen molar-refractivity contribution in [2.75, 3.05) is 10.6 Å². The Morgan fingerprint density at radius 3 is 1.98 bits per heavy atom. The van der Waals surface area contributed by atoms with Crippen molar-refractivity contribution in [1.82, 2.24) is 0 Å². The molecule has 4 rings (SSSR count). The Hall–Kier alpha value is -3.20. The molecular formula is C30H22Cl4N2O4S. The quantitative estimate of drug-likeness (QED) is 0.101. The molecule has 3 N–H and O–H groups in total. The van der Waals surface area contributed by atoms with Crippen LogP contribution in [0.5, 0.6) is 0 Å². The minimum atomic E-state index is -1.49. The number of hydrogen-bond donors (Lipinski definition) is 3. The van der Waals surface area contributed by atoms with E-state index in [0.29, 0.717) is 5.69 Å². The molecule has 0 fully saturated rings. The van der Waals surface area contributed by atoms with Gasteiger partial charge in [-0.2, -0.15) is 0 Å². The molecule has 0 aliphatic carbocycles. The first-order valence-corrected chi connectivity index (χ1v) is 14.5. The number of carbonyl (C=O) groups is 3. The lowest BCUT2D eigenvalue weighted by Gasteiger charge is -2.18. The number of halogens is 4. The average molecular weight is 648 g/mol. The van der Waals surface area contributed by atoms with Crippen LogP contribution in [0.4, 0.5) is 11.4 Å². The molecule has 41 heavy (non-hydrogen) atoms. The van der Waals surface area contributed by atoms with Gasteiger partial charge in [0.1, 0.15) is 5.25 Å². The molecule has 0 saturated heterocycles. The lowest BCUT2D eigenvalue weighted by Crippen LogP contribution is -2.19. The van der Waals surface area contributed by atoms with Crippen LogP contribution >= 0.6 is 58.2 Å². The van der Waals surface area contributed by atoms with Gasteiger partial charge in [0, 0.05) is 16.3 Å². The molecule has 11 heteroatoms. The van der Waals surface area contributed by atoms with Crippen molar-refractivity contribution < 1.29 is 19.5 Å². The summed E-state index contributed by atoms with van der Waals surface area (Å²) in [5, 5.41) is 13.5. The third kappa shape index (κ3) is 7.00. The number of aromatic carboxylic acids is 1. The summed E-state index contributed by atoms with van der Waals surface area (Å²) >= 11 is 25.6. The Morgan fingerprint density at radius 2 is 1.37 bits per heavy atom. The summed E-state index contributed by atoms with van der Waals surface area (Å²) in [5.41, 5.74) is 2.94. The van der Waals surface area contributed by atoms with E-state index in [4.69, 9.17) is 46.4 Å². The second-order valence-electron chi connectivity index (χ2n) is 9.01. The number of carboxylic acids is 1. The fraction of sp³-hybridized carbons (Fsp3) is 0.100. The predicted molar refractivity (Wildman–Crippen MR) is 167 cm³/mol.